The van der Waals surface area contributed by atoms with Crippen LogP contribution in [0.5, 0.6) is 0 Å². The van der Waals surface area contributed by atoms with E-state index in [2.05, 4.69) is 40.6 Å². The number of hydrogen-bond donors (Lipinski definition) is 1. The molecule has 0 atom stereocenters. The molecule has 2 aromatic rings. The van der Waals surface area contributed by atoms with E-state index in [1.165, 1.54) is 5.56 Å². The summed E-state index contributed by atoms with van der Waals surface area (Å²) < 4.78 is 0. The predicted molar refractivity (Wildman–Crippen MR) is 71.1 cm³/mol. The van der Waals surface area contributed by atoms with Gasteiger partial charge in [0.15, 0.2) is 0 Å². The minimum absolute atomic E-state index is 0.932. The van der Waals surface area contributed by atoms with Gasteiger partial charge in [-0.25, -0.2) is 9.97 Å². The zero-order valence-corrected chi connectivity index (χ0v) is 10.3. The van der Waals surface area contributed by atoms with Crippen LogP contribution in [0.4, 0.5) is 5.82 Å². The number of fused-ring (bicyclic) bond motifs is 1. The summed E-state index contributed by atoms with van der Waals surface area (Å²) in [5, 5.41) is 4.44. The standard InChI is InChI=1S/C12H15N3S/c1-9-3-4-11-10(7-9)12(15-8-14-11)13-5-6-16-2/h3-4,7-8H,5-6H2,1-2H3,(H,13,14,15). The third-order valence-corrected chi connectivity index (χ3v) is 3.00. The maximum Gasteiger partial charge on any atom is 0.137 e. The topological polar surface area (TPSA) is 37.8 Å². The summed E-state index contributed by atoms with van der Waals surface area (Å²) in [6.07, 6.45) is 3.71. The van der Waals surface area contributed by atoms with E-state index in [9.17, 15) is 0 Å². The molecule has 0 aliphatic heterocycles. The van der Waals surface area contributed by atoms with Crippen molar-refractivity contribution in [2.24, 2.45) is 0 Å². The van der Waals surface area contributed by atoms with Crippen molar-refractivity contribution in [1.29, 1.82) is 0 Å². The maximum atomic E-state index is 4.29. The fourth-order valence-electron chi connectivity index (χ4n) is 1.58. The molecule has 1 heterocycles. The van der Waals surface area contributed by atoms with Gasteiger partial charge < -0.3 is 5.32 Å². The molecule has 0 aliphatic rings. The van der Waals surface area contributed by atoms with Crippen LogP contribution < -0.4 is 5.32 Å². The van der Waals surface area contributed by atoms with Gasteiger partial charge in [-0.05, 0) is 25.3 Å². The molecular weight excluding hydrogens is 218 g/mol. The van der Waals surface area contributed by atoms with E-state index in [-0.39, 0.29) is 0 Å². The Balaban J connectivity index is 2.32. The fraction of sp³-hybridized carbons (Fsp3) is 0.333. The molecule has 3 nitrogen and oxygen atoms in total. The molecule has 84 valence electrons. The molecule has 0 bridgehead atoms. The van der Waals surface area contributed by atoms with Crippen LogP contribution >= 0.6 is 11.8 Å². The van der Waals surface area contributed by atoms with Gasteiger partial charge in [0.1, 0.15) is 12.1 Å². The smallest absolute Gasteiger partial charge is 0.137 e. The number of nitrogens with zero attached hydrogens (tertiary/aromatic N) is 2. The molecule has 0 saturated carbocycles. The highest BCUT2D eigenvalue weighted by molar-refractivity contribution is 7.98. The van der Waals surface area contributed by atoms with Crippen molar-refractivity contribution in [3.8, 4) is 0 Å². The van der Waals surface area contributed by atoms with Crippen LogP contribution in [-0.2, 0) is 0 Å². The Morgan fingerprint density at radius 3 is 3.00 bits per heavy atom. The van der Waals surface area contributed by atoms with Crippen molar-refractivity contribution in [2.75, 3.05) is 23.9 Å². The molecule has 0 radical (unpaired) electrons. The van der Waals surface area contributed by atoms with Crippen LogP contribution in [0, 0.1) is 6.92 Å². The third kappa shape index (κ3) is 2.44. The first-order valence-electron chi connectivity index (χ1n) is 5.25. The van der Waals surface area contributed by atoms with Crippen molar-refractivity contribution < 1.29 is 0 Å². The molecule has 0 amide bonds. The second-order valence-corrected chi connectivity index (χ2v) is 4.65. The summed E-state index contributed by atoms with van der Waals surface area (Å²) in [5.74, 6) is 2.01. The fourth-order valence-corrected chi connectivity index (χ4v) is 1.89. The normalized spacial score (nSPS) is 10.6. The molecule has 0 saturated heterocycles. The Hall–Kier alpha value is -1.29. The molecule has 0 fully saturated rings. The Labute approximate surface area is 99.7 Å². The summed E-state index contributed by atoms with van der Waals surface area (Å²) in [6.45, 7) is 3.01. The molecule has 2 rings (SSSR count). The van der Waals surface area contributed by atoms with Crippen LogP contribution in [0.2, 0.25) is 0 Å². The molecule has 1 aromatic carbocycles. The summed E-state index contributed by atoms with van der Waals surface area (Å²) >= 11 is 1.82. The van der Waals surface area contributed by atoms with Gasteiger partial charge in [0.2, 0.25) is 0 Å². The lowest BCUT2D eigenvalue weighted by molar-refractivity contribution is 1.15. The first kappa shape index (κ1) is 11.2. The van der Waals surface area contributed by atoms with Crippen LogP contribution in [0.25, 0.3) is 10.9 Å². The lowest BCUT2D eigenvalue weighted by Crippen LogP contribution is -2.06. The van der Waals surface area contributed by atoms with E-state index >= 15 is 0 Å². The van der Waals surface area contributed by atoms with E-state index in [1.807, 2.05) is 17.8 Å². The highest BCUT2D eigenvalue weighted by Crippen LogP contribution is 2.20. The van der Waals surface area contributed by atoms with Gasteiger partial charge in [-0.15, -0.1) is 0 Å². The van der Waals surface area contributed by atoms with Gasteiger partial charge >= 0.3 is 0 Å². The van der Waals surface area contributed by atoms with E-state index in [1.54, 1.807) is 6.33 Å². The zero-order chi connectivity index (χ0) is 11.4. The van der Waals surface area contributed by atoms with Crippen molar-refractivity contribution in [2.45, 2.75) is 6.92 Å². The monoisotopic (exact) mass is 233 g/mol. The molecule has 1 N–H and O–H groups in total. The largest absolute Gasteiger partial charge is 0.369 e. The van der Waals surface area contributed by atoms with Gasteiger partial charge in [-0.1, -0.05) is 11.6 Å². The SMILES string of the molecule is CSCCNc1ncnc2ccc(C)cc12. The third-order valence-electron chi connectivity index (χ3n) is 2.39. The minimum Gasteiger partial charge on any atom is -0.369 e. The number of aromatic nitrogens is 2. The van der Waals surface area contributed by atoms with Gasteiger partial charge in [0.05, 0.1) is 5.52 Å². The Bertz CT molecular complexity index is 485. The molecule has 1 aromatic heterocycles. The van der Waals surface area contributed by atoms with Crippen molar-refractivity contribution in [3.05, 3.63) is 30.1 Å². The zero-order valence-electron chi connectivity index (χ0n) is 9.53. The first-order valence-corrected chi connectivity index (χ1v) is 6.65. The van der Waals surface area contributed by atoms with E-state index < -0.39 is 0 Å². The molecule has 0 unspecified atom stereocenters. The average Bonchev–Trinajstić information content (AvgIpc) is 2.30. The van der Waals surface area contributed by atoms with Crippen molar-refractivity contribution in [3.63, 3.8) is 0 Å². The van der Waals surface area contributed by atoms with Crippen LogP contribution in [-0.4, -0.2) is 28.5 Å². The molecule has 16 heavy (non-hydrogen) atoms. The highest BCUT2D eigenvalue weighted by Gasteiger charge is 2.02. The molecule has 0 aliphatic carbocycles. The van der Waals surface area contributed by atoms with E-state index in [4.69, 9.17) is 0 Å². The van der Waals surface area contributed by atoms with Gasteiger partial charge in [-0.2, -0.15) is 11.8 Å². The second kappa shape index (κ2) is 5.16. The van der Waals surface area contributed by atoms with E-state index in [0.29, 0.717) is 0 Å². The summed E-state index contributed by atoms with van der Waals surface area (Å²) in [5.41, 5.74) is 2.22. The van der Waals surface area contributed by atoms with Gasteiger partial charge in [-0.3, -0.25) is 0 Å². The first-order chi connectivity index (χ1) is 7.81. The van der Waals surface area contributed by atoms with Crippen LogP contribution in [0.3, 0.4) is 0 Å². The number of rotatable bonds is 4. The average molecular weight is 233 g/mol. The van der Waals surface area contributed by atoms with Crippen molar-refractivity contribution in [1.82, 2.24) is 9.97 Å². The lowest BCUT2D eigenvalue weighted by Gasteiger charge is -2.07. The Morgan fingerprint density at radius 2 is 2.19 bits per heavy atom. The summed E-state index contributed by atoms with van der Waals surface area (Å²) in [4.78, 5) is 8.54. The Kier molecular flexibility index (Phi) is 3.62. The van der Waals surface area contributed by atoms with Crippen LogP contribution in [0.1, 0.15) is 5.56 Å². The van der Waals surface area contributed by atoms with Crippen LogP contribution in [0.15, 0.2) is 24.5 Å². The molecular formula is C12H15N3S. The van der Waals surface area contributed by atoms with E-state index in [0.717, 1.165) is 29.0 Å². The molecule has 0 spiro atoms. The number of thioether (sulfide) groups is 1. The summed E-state index contributed by atoms with van der Waals surface area (Å²) in [6, 6.07) is 6.23. The quantitative estimate of drug-likeness (QED) is 0.824. The Morgan fingerprint density at radius 1 is 1.31 bits per heavy atom. The molecule has 4 heteroatoms. The number of aryl methyl sites for hydroxylation is 1. The number of benzene rings is 1. The summed E-state index contributed by atoms with van der Waals surface area (Å²) in [7, 11) is 0. The number of nitrogens with one attached hydrogen (secondary N) is 1. The maximum absolute atomic E-state index is 4.29. The minimum atomic E-state index is 0.932. The number of hydrogen-bond acceptors (Lipinski definition) is 4. The van der Waals surface area contributed by atoms with Gasteiger partial charge in [0.25, 0.3) is 0 Å². The van der Waals surface area contributed by atoms with Gasteiger partial charge in [0, 0.05) is 17.7 Å². The number of anilines is 1. The second-order valence-electron chi connectivity index (χ2n) is 3.66. The predicted octanol–water partition coefficient (Wildman–Crippen LogP) is 2.71. The van der Waals surface area contributed by atoms with Crippen molar-refractivity contribution >= 4 is 28.5 Å². The lowest BCUT2D eigenvalue weighted by atomic mass is 10.1. The highest BCUT2D eigenvalue weighted by atomic mass is 32.2.